The van der Waals surface area contributed by atoms with E-state index >= 15 is 0 Å². The van der Waals surface area contributed by atoms with E-state index in [1.165, 1.54) is 12.0 Å². The van der Waals surface area contributed by atoms with Gasteiger partial charge in [0.25, 0.3) is 5.78 Å². The van der Waals surface area contributed by atoms with Crippen molar-refractivity contribution >= 4 is 23.3 Å². The lowest BCUT2D eigenvalue weighted by atomic mass is 9.94. The number of carbonyl (C=O) groups is 2. The molecular formula is C26H26N2O7. The second-order valence-corrected chi connectivity index (χ2v) is 7.99. The van der Waals surface area contributed by atoms with E-state index in [0.29, 0.717) is 40.7 Å². The van der Waals surface area contributed by atoms with Gasteiger partial charge in [-0.25, -0.2) is 0 Å². The van der Waals surface area contributed by atoms with Gasteiger partial charge in [-0.3, -0.25) is 14.5 Å². The molecule has 1 aromatic heterocycles. The zero-order chi connectivity index (χ0) is 25.3. The third kappa shape index (κ3) is 4.21. The Hall–Kier alpha value is -4.27. The van der Waals surface area contributed by atoms with Crippen molar-refractivity contribution in [2.24, 2.45) is 0 Å². The first kappa shape index (κ1) is 23.9. The van der Waals surface area contributed by atoms with Crippen molar-refractivity contribution in [1.29, 1.82) is 0 Å². The molecule has 35 heavy (non-hydrogen) atoms. The van der Waals surface area contributed by atoms with Crippen LogP contribution < -0.4 is 19.1 Å². The summed E-state index contributed by atoms with van der Waals surface area (Å²) >= 11 is 0. The van der Waals surface area contributed by atoms with Gasteiger partial charge in [0, 0.05) is 11.6 Å². The number of aromatic nitrogens is 1. The molecular weight excluding hydrogens is 452 g/mol. The van der Waals surface area contributed by atoms with Gasteiger partial charge in [-0.15, -0.1) is 0 Å². The summed E-state index contributed by atoms with van der Waals surface area (Å²) in [5, 5.41) is 15.3. The van der Waals surface area contributed by atoms with Gasteiger partial charge in [-0.2, -0.15) is 0 Å². The number of ether oxygens (including phenoxy) is 3. The molecule has 1 N–H and O–H groups in total. The van der Waals surface area contributed by atoms with Crippen LogP contribution in [0.4, 0.5) is 5.82 Å². The molecule has 1 fully saturated rings. The van der Waals surface area contributed by atoms with Gasteiger partial charge in [0.1, 0.15) is 17.3 Å². The van der Waals surface area contributed by atoms with Crippen LogP contribution in [0.25, 0.3) is 5.76 Å². The van der Waals surface area contributed by atoms with Crippen molar-refractivity contribution in [3.8, 4) is 17.2 Å². The number of rotatable bonds is 7. The second kappa shape index (κ2) is 9.54. The van der Waals surface area contributed by atoms with Crippen molar-refractivity contribution in [1.82, 2.24) is 5.16 Å². The SMILES string of the molecule is CCOc1ccc(C2/C(=C(\O)c3ccc(OC)c(C)c3)C(=O)C(=O)N2c2cc(C)on2)cc1OC. The van der Waals surface area contributed by atoms with Crippen LogP contribution in [-0.4, -0.2) is 42.8 Å². The summed E-state index contributed by atoms with van der Waals surface area (Å²) < 4.78 is 21.6. The molecule has 4 rings (SSSR count). The van der Waals surface area contributed by atoms with E-state index in [4.69, 9.17) is 18.7 Å². The lowest BCUT2D eigenvalue weighted by molar-refractivity contribution is -0.132. The maximum absolute atomic E-state index is 13.3. The van der Waals surface area contributed by atoms with E-state index < -0.39 is 17.7 Å². The number of amides is 1. The number of carbonyl (C=O) groups excluding carboxylic acids is 2. The Morgan fingerprint density at radius 1 is 1.03 bits per heavy atom. The maximum Gasteiger partial charge on any atom is 0.301 e. The van der Waals surface area contributed by atoms with Gasteiger partial charge in [0.05, 0.1) is 32.4 Å². The minimum absolute atomic E-state index is 0.0774. The summed E-state index contributed by atoms with van der Waals surface area (Å²) in [5.74, 6) is 0.216. The highest BCUT2D eigenvalue weighted by molar-refractivity contribution is 6.51. The molecule has 9 nitrogen and oxygen atoms in total. The summed E-state index contributed by atoms with van der Waals surface area (Å²) in [6.45, 7) is 5.79. The zero-order valence-corrected chi connectivity index (χ0v) is 20.1. The highest BCUT2D eigenvalue weighted by Crippen LogP contribution is 2.44. The van der Waals surface area contributed by atoms with Crippen LogP contribution >= 0.6 is 0 Å². The molecule has 0 saturated carbocycles. The fourth-order valence-electron chi connectivity index (χ4n) is 4.16. The monoisotopic (exact) mass is 478 g/mol. The number of ketones is 1. The zero-order valence-electron chi connectivity index (χ0n) is 20.1. The Kier molecular flexibility index (Phi) is 6.50. The first-order valence-corrected chi connectivity index (χ1v) is 11.0. The lowest BCUT2D eigenvalue weighted by Gasteiger charge is -2.23. The summed E-state index contributed by atoms with van der Waals surface area (Å²) in [4.78, 5) is 27.7. The lowest BCUT2D eigenvalue weighted by Crippen LogP contribution is -2.29. The molecule has 1 aliphatic heterocycles. The van der Waals surface area contributed by atoms with E-state index in [-0.39, 0.29) is 17.2 Å². The molecule has 1 saturated heterocycles. The quantitative estimate of drug-likeness (QED) is 0.303. The van der Waals surface area contributed by atoms with Crippen molar-refractivity contribution < 1.29 is 33.4 Å². The molecule has 0 aliphatic carbocycles. The van der Waals surface area contributed by atoms with Crippen LogP contribution in [0.5, 0.6) is 17.2 Å². The molecule has 2 aromatic carbocycles. The minimum Gasteiger partial charge on any atom is -0.507 e. The van der Waals surface area contributed by atoms with Crippen LogP contribution in [0, 0.1) is 13.8 Å². The predicted molar refractivity (Wildman–Crippen MR) is 128 cm³/mol. The average Bonchev–Trinajstić information content (AvgIpc) is 3.39. The summed E-state index contributed by atoms with van der Waals surface area (Å²) in [6, 6.07) is 10.7. The van der Waals surface area contributed by atoms with Gasteiger partial charge >= 0.3 is 5.91 Å². The number of aliphatic hydroxyl groups is 1. The Balaban J connectivity index is 1.94. The Morgan fingerprint density at radius 3 is 2.34 bits per heavy atom. The third-order valence-corrected chi connectivity index (χ3v) is 5.78. The molecule has 1 amide bonds. The minimum atomic E-state index is -0.980. The smallest absolute Gasteiger partial charge is 0.301 e. The first-order valence-electron chi connectivity index (χ1n) is 11.0. The number of aryl methyl sites for hydroxylation is 2. The van der Waals surface area contributed by atoms with Crippen LogP contribution in [-0.2, 0) is 9.59 Å². The highest BCUT2D eigenvalue weighted by atomic mass is 16.5. The fourth-order valence-corrected chi connectivity index (χ4v) is 4.16. The maximum atomic E-state index is 13.3. The Bertz CT molecular complexity index is 1320. The van der Waals surface area contributed by atoms with Gasteiger partial charge < -0.3 is 23.8 Å². The first-order chi connectivity index (χ1) is 16.8. The van der Waals surface area contributed by atoms with E-state index in [1.54, 1.807) is 56.5 Å². The fraction of sp³-hybridized carbons (Fsp3) is 0.269. The number of benzene rings is 2. The highest BCUT2D eigenvalue weighted by Gasteiger charge is 2.48. The average molecular weight is 479 g/mol. The topological polar surface area (TPSA) is 111 Å². The standard InChI is InChI=1S/C26H26N2O7/c1-6-34-19-10-7-16(13-20(19)33-5)23-22(24(29)17-8-9-18(32-4)14(2)11-17)25(30)26(31)28(23)21-12-15(3)35-27-21/h7-13,23,29H,6H2,1-5H3/b24-22+. The molecule has 3 aromatic rings. The number of anilines is 1. The van der Waals surface area contributed by atoms with Gasteiger partial charge in [0.15, 0.2) is 17.3 Å². The van der Waals surface area contributed by atoms with E-state index in [9.17, 15) is 14.7 Å². The van der Waals surface area contributed by atoms with Gasteiger partial charge in [-0.05, 0) is 62.2 Å². The van der Waals surface area contributed by atoms with Crippen molar-refractivity contribution in [2.45, 2.75) is 26.8 Å². The Morgan fingerprint density at radius 2 is 1.74 bits per heavy atom. The van der Waals surface area contributed by atoms with Crippen LogP contribution in [0.3, 0.4) is 0 Å². The molecule has 0 bridgehead atoms. The van der Waals surface area contributed by atoms with E-state index in [2.05, 4.69) is 5.16 Å². The number of hydrogen-bond acceptors (Lipinski definition) is 8. The summed E-state index contributed by atoms with van der Waals surface area (Å²) in [7, 11) is 3.05. The largest absolute Gasteiger partial charge is 0.507 e. The van der Waals surface area contributed by atoms with Crippen LogP contribution in [0.2, 0.25) is 0 Å². The third-order valence-electron chi connectivity index (χ3n) is 5.78. The summed E-state index contributed by atoms with van der Waals surface area (Å²) in [5.41, 5.74) is 1.58. The van der Waals surface area contributed by atoms with Crippen molar-refractivity contribution in [3.05, 3.63) is 70.5 Å². The van der Waals surface area contributed by atoms with Crippen molar-refractivity contribution in [2.75, 3.05) is 25.7 Å². The predicted octanol–water partition coefficient (Wildman–Crippen LogP) is 4.33. The normalized spacial score (nSPS) is 17.1. The molecule has 1 atom stereocenters. The number of aliphatic hydroxyl groups excluding tert-OH is 1. The van der Waals surface area contributed by atoms with Crippen LogP contribution in [0.1, 0.15) is 35.4 Å². The second-order valence-electron chi connectivity index (χ2n) is 7.99. The molecule has 0 radical (unpaired) electrons. The van der Waals surface area contributed by atoms with Gasteiger partial charge in [-0.1, -0.05) is 11.2 Å². The molecule has 1 unspecified atom stereocenters. The van der Waals surface area contributed by atoms with E-state index in [1.807, 2.05) is 13.8 Å². The summed E-state index contributed by atoms with van der Waals surface area (Å²) in [6.07, 6.45) is 0. The number of hydrogen-bond donors (Lipinski definition) is 1. The van der Waals surface area contributed by atoms with Gasteiger partial charge in [0.2, 0.25) is 0 Å². The molecule has 0 spiro atoms. The molecule has 2 heterocycles. The number of nitrogens with zero attached hydrogens (tertiary/aromatic N) is 2. The number of methoxy groups -OCH3 is 2. The molecule has 9 heteroatoms. The molecule has 1 aliphatic rings. The number of Topliss-reactive ketones (excluding diaryl/α,β-unsaturated/α-hetero) is 1. The van der Waals surface area contributed by atoms with Crippen LogP contribution in [0.15, 0.2) is 52.6 Å². The Labute approximate surface area is 202 Å². The van der Waals surface area contributed by atoms with E-state index in [0.717, 1.165) is 5.56 Å². The molecule has 182 valence electrons. The van der Waals surface area contributed by atoms with Crippen molar-refractivity contribution in [3.63, 3.8) is 0 Å².